The number of carbonyl (C=O) groups is 1. The van der Waals surface area contributed by atoms with Crippen LogP contribution in [-0.4, -0.2) is 15.9 Å². The first kappa shape index (κ1) is 40.9. The van der Waals surface area contributed by atoms with Crippen LogP contribution in [0.4, 0.5) is 0 Å². The summed E-state index contributed by atoms with van der Waals surface area (Å²) in [5, 5.41) is 12.2. The second kappa shape index (κ2) is 18.8. The molecular weight excluding hydrogens is 815 g/mol. The number of hydrogen-bond donors (Lipinski definition) is 1. The van der Waals surface area contributed by atoms with Crippen LogP contribution >= 0.6 is 0 Å². The number of nitrogens with zero attached hydrogens (tertiary/aromatic N) is 1. The Morgan fingerprint density at radius 1 is 0.769 bits per heavy atom. The van der Waals surface area contributed by atoms with Crippen LogP contribution in [0.5, 0.6) is 0 Å². The molecule has 52 heavy (non-hydrogen) atoms. The van der Waals surface area contributed by atoms with Crippen molar-refractivity contribution in [3.63, 3.8) is 0 Å². The van der Waals surface area contributed by atoms with E-state index in [-0.39, 0.29) is 48.9 Å². The maximum Gasteiger partial charge on any atom is 0.162 e. The van der Waals surface area contributed by atoms with Gasteiger partial charge in [0.15, 0.2) is 5.78 Å². The second-order valence-electron chi connectivity index (χ2n) is 15.1. The Balaban J connectivity index is 0.000000323. The molecule has 0 aliphatic heterocycles. The number of ketones is 1. The van der Waals surface area contributed by atoms with Crippen molar-refractivity contribution in [3.05, 3.63) is 137 Å². The van der Waals surface area contributed by atoms with Gasteiger partial charge in [-0.25, -0.2) is 0 Å². The van der Waals surface area contributed by atoms with Gasteiger partial charge in [0.1, 0.15) is 0 Å². The molecule has 9 rings (SSSR count). The van der Waals surface area contributed by atoms with Crippen LogP contribution in [0, 0.1) is 17.9 Å². The Kier molecular flexibility index (Phi) is 14.8. The minimum Gasteiger partial charge on any atom is -0.512 e. The topological polar surface area (TPSA) is 50.2 Å². The summed E-state index contributed by atoms with van der Waals surface area (Å²) in [5.74, 6) is 0.547. The van der Waals surface area contributed by atoms with E-state index in [1.807, 2.05) is 33.9 Å². The fourth-order valence-corrected chi connectivity index (χ4v) is 7.22. The number of aromatic nitrogens is 1. The van der Waals surface area contributed by atoms with Crippen molar-refractivity contribution in [2.45, 2.75) is 105 Å². The molecule has 0 saturated carbocycles. The molecule has 1 heterocycles. The number of aliphatic hydroxyl groups is 1. The maximum absolute atomic E-state index is 11.7. The standard InChI is InChI=1S/C35H32N.C13H24O2.Ir/c1-35(2,3)33-22-30(21-28-6-4-5-7-31(28)33)34-23-29(18-19-36-34)32-20-26-13-12-24-8-10-25(11-9-24)14-16-27(32)17-15-26;1-5-10(6-2)12(14)9-13(15)11(7-3)8-4;/h4-11,15,17-20,22-23H,12-14,16H2,1-3H3;9-11,14H,5-8H2,1-4H3;/q-1;;/b;12-9-;. The summed E-state index contributed by atoms with van der Waals surface area (Å²) in [7, 11) is 0. The zero-order chi connectivity index (χ0) is 36.5. The number of aliphatic hydroxyl groups excluding tert-OH is 1. The van der Waals surface area contributed by atoms with Gasteiger partial charge in [-0.05, 0) is 96.2 Å². The van der Waals surface area contributed by atoms with E-state index in [2.05, 4.69) is 112 Å². The quantitative estimate of drug-likeness (QED) is 0.0912. The summed E-state index contributed by atoms with van der Waals surface area (Å²) < 4.78 is 0. The number of hydrogen-bond acceptors (Lipinski definition) is 3. The third kappa shape index (κ3) is 10.2. The summed E-state index contributed by atoms with van der Waals surface area (Å²) in [6.07, 6.45) is 11.1. The third-order valence-electron chi connectivity index (χ3n) is 10.6. The largest absolute Gasteiger partial charge is 0.512 e. The normalized spacial score (nSPS) is 13.0. The van der Waals surface area contributed by atoms with Gasteiger partial charge in [0.25, 0.3) is 0 Å². The molecule has 3 nitrogen and oxygen atoms in total. The molecule has 0 amide bonds. The molecule has 0 spiro atoms. The number of rotatable bonds is 9. The number of allylic oxidation sites excluding steroid dienone is 2. The number of fused-ring (bicyclic) bond motifs is 1. The molecule has 5 aromatic rings. The van der Waals surface area contributed by atoms with Crippen LogP contribution in [0.3, 0.4) is 0 Å². The molecule has 0 unspecified atom stereocenters. The van der Waals surface area contributed by atoms with Gasteiger partial charge in [0.2, 0.25) is 0 Å². The van der Waals surface area contributed by atoms with Gasteiger partial charge in [-0.1, -0.05) is 126 Å². The number of pyridine rings is 1. The van der Waals surface area contributed by atoms with E-state index < -0.39 is 0 Å². The smallest absolute Gasteiger partial charge is 0.162 e. The van der Waals surface area contributed by atoms with Crippen molar-refractivity contribution in [1.82, 2.24) is 4.98 Å². The van der Waals surface area contributed by atoms with Crippen molar-refractivity contribution in [1.29, 1.82) is 0 Å². The van der Waals surface area contributed by atoms with E-state index in [9.17, 15) is 9.90 Å². The Bertz CT molecular complexity index is 1960. The first-order valence-electron chi connectivity index (χ1n) is 19.1. The van der Waals surface area contributed by atoms with Gasteiger partial charge in [0.05, 0.1) is 5.76 Å². The summed E-state index contributed by atoms with van der Waals surface area (Å²) in [4.78, 5) is 16.5. The molecule has 4 aliphatic carbocycles. The molecule has 4 aliphatic rings. The number of carbonyl (C=O) groups excluding carboxylic acids is 1. The predicted octanol–water partition coefficient (Wildman–Crippen LogP) is 12.4. The van der Waals surface area contributed by atoms with Gasteiger partial charge < -0.3 is 5.11 Å². The minimum absolute atomic E-state index is 0. The van der Waals surface area contributed by atoms with Crippen molar-refractivity contribution in [2.24, 2.45) is 11.8 Å². The van der Waals surface area contributed by atoms with E-state index in [4.69, 9.17) is 4.98 Å². The first-order chi connectivity index (χ1) is 24.5. The number of aryl methyl sites for hydroxylation is 4. The molecule has 1 radical (unpaired) electrons. The van der Waals surface area contributed by atoms with Crippen molar-refractivity contribution in [3.8, 4) is 22.4 Å². The fourth-order valence-electron chi connectivity index (χ4n) is 7.22. The maximum atomic E-state index is 11.7. The summed E-state index contributed by atoms with van der Waals surface area (Å²) in [6, 6.07) is 35.2. The van der Waals surface area contributed by atoms with Gasteiger partial charge in [0, 0.05) is 49.9 Å². The Morgan fingerprint density at radius 2 is 1.37 bits per heavy atom. The van der Waals surface area contributed by atoms with Crippen molar-refractivity contribution >= 4 is 16.6 Å². The molecule has 1 aromatic heterocycles. The first-order valence-corrected chi connectivity index (χ1v) is 19.1. The monoisotopic (exact) mass is 871 g/mol. The fraction of sp³-hybridized carbons (Fsp3) is 0.375. The van der Waals surface area contributed by atoms with E-state index in [1.54, 1.807) is 0 Å². The zero-order valence-electron chi connectivity index (χ0n) is 32.2. The van der Waals surface area contributed by atoms with Gasteiger partial charge in [-0.2, -0.15) is 0 Å². The molecule has 275 valence electrons. The summed E-state index contributed by atoms with van der Waals surface area (Å²) in [5.41, 5.74) is 11.6. The van der Waals surface area contributed by atoms with Crippen LogP contribution < -0.4 is 0 Å². The van der Waals surface area contributed by atoms with E-state index in [0.717, 1.165) is 68.0 Å². The van der Waals surface area contributed by atoms with Gasteiger partial charge in [-0.15, -0.1) is 29.1 Å². The van der Waals surface area contributed by atoms with Crippen LogP contribution in [0.15, 0.2) is 103 Å². The molecule has 0 saturated heterocycles. The summed E-state index contributed by atoms with van der Waals surface area (Å²) in [6.45, 7) is 14.9. The second-order valence-corrected chi connectivity index (χ2v) is 15.1. The molecule has 0 fully saturated rings. The molecule has 4 heteroatoms. The summed E-state index contributed by atoms with van der Waals surface area (Å²) >= 11 is 0. The third-order valence-corrected chi connectivity index (χ3v) is 10.6. The average molecular weight is 871 g/mol. The predicted molar refractivity (Wildman–Crippen MR) is 215 cm³/mol. The minimum atomic E-state index is 0. The Labute approximate surface area is 326 Å². The van der Waals surface area contributed by atoms with Crippen LogP contribution in [0.25, 0.3) is 33.2 Å². The Morgan fingerprint density at radius 3 is 2.00 bits per heavy atom. The van der Waals surface area contributed by atoms with Crippen LogP contribution in [0.2, 0.25) is 0 Å². The van der Waals surface area contributed by atoms with Crippen molar-refractivity contribution < 1.29 is 30.0 Å². The SMILES string of the molecule is CC(C)(C)c1cc(-c2cc(-c3cc4ccc3CCc3ccc(cc3)CC4)ccn2)[c-]c2ccccc12.CCC(CC)C(=O)/C=C(\O)C(CC)CC.[Ir]. The van der Waals surface area contributed by atoms with Gasteiger partial charge >= 0.3 is 0 Å². The molecule has 4 bridgehead atoms. The average Bonchev–Trinajstić information content (AvgIpc) is 3.13. The van der Waals surface area contributed by atoms with E-state index in [1.165, 1.54) is 50.4 Å². The Hall–Kier alpha value is -3.85. The van der Waals surface area contributed by atoms with Gasteiger partial charge in [-0.3, -0.25) is 9.78 Å². The van der Waals surface area contributed by atoms with E-state index >= 15 is 0 Å². The zero-order valence-corrected chi connectivity index (χ0v) is 34.6. The number of benzene rings is 4. The van der Waals surface area contributed by atoms with Crippen molar-refractivity contribution in [2.75, 3.05) is 0 Å². The van der Waals surface area contributed by atoms with E-state index in [0.29, 0.717) is 0 Å². The molecule has 4 aromatic carbocycles. The van der Waals surface area contributed by atoms with Crippen LogP contribution in [-0.2, 0) is 56.0 Å². The molecular formula is C48H56IrNO2-. The molecule has 0 atom stereocenters. The molecule has 1 N–H and O–H groups in total. The van der Waals surface area contributed by atoms with Crippen LogP contribution in [0.1, 0.15) is 102 Å².